The third-order valence-electron chi connectivity index (χ3n) is 2.89. The minimum Gasteiger partial charge on any atom is -0.134 e. The third-order valence-corrected chi connectivity index (χ3v) is 6.51. The first-order valence-corrected chi connectivity index (χ1v) is 6.87. The molecule has 1 aromatic rings. The van der Waals surface area contributed by atoms with Gasteiger partial charge in [-0.25, -0.2) is 0 Å². The molecule has 2 heteroatoms. The van der Waals surface area contributed by atoms with Gasteiger partial charge in [-0.3, -0.25) is 0 Å². The van der Waals surface area contributed by atoms with Crippen molar-refractivity contribution in [1.82, 2.24) is 0 Å². The highest BCUT2D eigenvalue weighted by Crippen LogP contribution is 2.68. The molecule has 1 fully saturated rings. The number of thioether (sulfide) groups is 2. The maximum Gasteiger partial charge on any atom is 0.108 e. The van der Waals surface area contributed by atoms with Crippen LogP contribution in [0.15, 0.2) is 35.9 Å². The molecule has 0 atom stereocenters. The van der Waals surface area contributed by atoms with Crippen molar-refractivity contribution < 1.29 is 0 Å². The summed E-state index contributed by atoms with van der Waals surface area (Å²) >= 11 is 4.22. The molecule has 1 saturated heterocycles. The van der Waals surface area contributed by atoms with Gasteiger partial charge in [0.2, 0.25) is 0 Å². The molecule has 72 valence electrons. The van der Waals surface area contributed by atoms with E-state index < -0.39 is 0 Å². The van der Waals surface area contributed by atoms with Gasteiger partial charge in [0.1, 0.15) is 4.08 Å². The van der Waals surface area contributed by atoms with Gasteiger partial charge in [0.05, 0.1) is 0 Å². The summed E-state index contributed by atoms with van der Waals surface area (Å²) < 4.78 is 0.390. The molecule has 1 aromatic carbocycles. The van der Waals surface area contributed by atoms with Crippen LogP contribution in [0.4, 0.5) is 0 Å². The smallest absolute Gasteiger partial charge is 0.108 e. The van der Waals surface area contributed by atoms with Crippen LogP contribution in [0.2, 0.25) is 0 Å². The quantitative estimate of drug-likeness (QED) is 0.708. The van der Waals surface area contributed by atoms with Crippen LogP contribution in [0.3, 0.4) is 0 Å². The summed E-state index contributed by atoms with van der Waals surface area (Å²) in [4.78, 5) is 0. The lowest BCUT2D eigenvalue weighted by molar-refractivity contribution is 1.42. The number of rotatable bonds is 1. The summed E-state index contributed by atoms with van der Waals surface area (Å²) in [6.07, 6.45) is 0. The minimum atomic E-state index is 0.390. The van der Waals surface area contributed by atoms with Gasteiger partial charge < -0.3 is 0 Å². The highest BCUT2D eigenvalue weighted by Gasteiger charge is 2.54. The average molecular weight is 220 g/mol. The van der Waals surface area contributed by atoms with Crippen LogP contribution in [-0.4, -0.2) is 15.6 Å². The summed E-state index contributed by atoms with van der Waals surface area (Å²) in [5, 5.41) is 0. The Morgan fingerprint density at radius 1 is 1.07 bits per heavy atom. The van der Waals surface area contributed by atoms with E-state index in [1.54, 1.807) is 11.1 Å². The van der Waals surface area contributed by atoms with E-state index >= 15 is 0 Å². The monoisotopic (exact) mass is 220 g/mol. The molecule has 1 aliphatic carbocycles. The first-order chi connectivity index (χ1) is 6.84. The van der Waals surface area contributed by atoms with Crippen molar-refractivity contribution >= 4 is 29.1 Å². The van der Waals surface area contributed by atoms with E-state index in [2.05, 4.69) is 60.8 Å². The van der Waals surface area contributed by atoms with Gasteiger partial charge >= 0.3 is 0 Å². The first kappa shape index (κ1) is 8.93. The van der Waals surface area contributed by atoms with Crippen LogP contribution in [0.1, 0.15) is 12.5 Å². The number of hydrogen-bond acceptors (Lipinski definition) is 2. The van der Waals surface area contributed by atoms with Crippen molar-refractivity contribution in [3.8, 4) is 0 Å². The van der Waals surface area contributed by atoms with Crippen LogP contribution < -0.4 is 0 Å². The van der Waals surface area contributed by atoms with Gasteiger partial charge in [0.15, 0.2) is 0 Å². The van der Waals surface area contributed by atoms with Gasteiger partial charge in [-0.05, 0) is 23.6 Å². The van der Waals surface area contributed by atoms with E-state index in [1.807, 2.05) is 0 Å². The molecule has 0 radical (unpaired) electrons. The van der Waals surface area contributed by atoms with Crippen molar-refractivity contribution in [2.24, 2.45) is 0 Å². The van der Waals surface area contributed by atoms with E-state index in [0.29, 0.717) is 4.08 Å². The van der Waals surface area contributed by atoms with Crippen molar-refractivity contribution in [2.45, 2.75) is 11.0 Å². The maximum absolute atomic E-state index is 2.29. The molecule has 3 rings (SSSR count). The molecule has 0 nitrogen and oxygen atoms in total. The largest absolute Gasteiger partial charge is 0.134 e. The van der Waals surface area contributed by atoms with Gasteiger partial charge in [0.25, 0.3) is 0 Å². The fraction of sp³-hybridized carbons (Fsp3) is 0.333. The third kappa shape index (κ3) is 1.10. The lowest BCUT2D eigenvalue weighted by atomic mass is 10.2. The normalized spacial score (nSPS) is 23.2. The topological polar surface area (TPSA) is 0 Å². The Hall–Kier alpha value is -0.340. The van der Waals surface area contributed by atoms with Gasteiger partial charge in [-0.1, -0.05) is 30.3 Å². The maximum atomic E-state index is 2.29. The molecule has 0 N–H and O–H groups in total. The Bertz CT molecular complexity index is 386. The fourth-order valence-electron chi connectivity index (χ4n) is 2.15. The van der Waals surface area contributed by atoms with E-state index in [4.69, 9.17) is 0 Å². The van der Waals surface area contributed by atoms with Crippen molar-refractivity contribution in [1.29, 1.82) is 0 Å². The molecule has 1 aliphatic heterocycles. The van der Waals surface area contributed by atoms with Crippen LogP contribution in [0, 0.1) is 0 Å². The Morgan fingerprint density at radius 3 is 2.36 bits per heavy atom. The molecule has 0 bridgehead atoms. The fourth-order valence-corrected chi connectivity index (χ4v) is 5.59. The molecule has 0 unspecified atom stereocenters. The molecule has 14 heavy (non-hydrogen) atoms. The Morgan fingerprint density at radius 2 is 1.71 bits per heavy atom. The van der Waals surface area contributed by atoms with Crippen molar-refractivity contribution in [2.75, 3.05) is 11.5 Å². The summed E-state index contributed by atoms with van der Waals surface area (Å²) in [7, 11) is 0. The van der Waals surface area contributed by atoms with Crippen LogP contribution in [0.25, 0.3) is 5.57 Å². The molecule has 2 aliphatic rings. The lowest BCUT2D eigenvalue weighted by Gasteiger charge is -2.08. The Kier molecular flexibility index (Phi) is 1.96. The molecule has 0 saturated carbocycles. The van der Waals surface area contributed by atoms with Crippen molar-refractivity contribution in [3.05, 3.63) is 41.5 Å². The SMILES string of the molecule is CC1=C(c2ccccc2)C12SCCS2. The van der Waals surface area contributed by atoms with E-state index in [0.717, 1.165) is 0 Å². The van der Waals surface area contributed by atoms with E-state index in [1.165, 1.54) is 17.1 Å². The van der Waals surface area contributed by atoms with Crippen LogP contribution in [-0.2, 0) is 0 Å². The number of hydrogen-bond donors (Lipinski definition) is 0. The molecule has 1 spiro atoms. The predicted molar refractivity (Wildman–Crippen MR) is 66.7 cm³/mol. The van der Waals surface area contributed by atoms with Gasteiger partial charge in [0, 0.05) is 11.5 Å². The zero-order valence-electron chi connectivity index (χ0n) is 8.12. The first-order valence-electron chi connectivity index (χ1n) is 4.90. The highest BCUT2D eigenvalue weighted by atomic mass is 32.2. The second-order valence-corrected chi connectivity index (χ2v) is 6.56. The molecule has 0 aromatic heterocycles. The number of benzene rings is 1. The van der Waals surface area contributed by atoms with E-state index in [-0.39, 0.29) is 0 Å². The molecule has 0 amide bonds. The Balaban J connectivity index is 1.95. The van der Waals surface area contributed by atoms with Crippen LogP contribution >= 0.6 is 23.5 Å². The molecular weight excluding hydrogens is 208 g/mol. The summed E-state index contributed by atoms with van der Waals surface area (Å²) in [5.41, 5.74) is 4.61. The molecule has 1 heterocycles. The summed E-state index contributed by atoms with van der Waals surface area (Å²) in [6, 6.07) is 10.8. The van der Waals surface area contributed by atoms with Crippen molar-refractivity contribution in [3.63, 3.8) is 0 Å². The second-order valence-electron chi connectivity index (χ2n) is 3.68. The standard InChI is InChI=1S/C12H12S2/c1-9-11(10-5-3-2-4-6-10)12(9)13-7-8-14-12/h2-6H,7-8H2,1H3. The van der Waals surface area contributed by atoms with E-state index in [9.17, 15) is 0 Å². The predicted octanol–water partition coefficient (Wildman–Crippen LogP) is 3.65. The Labute approximate surface area is 93.2 Å². The average Bonchev–Trinajstić information content (AvgIpc) is 2.64. The van der Waals surface area contributed by atoms with Gasteiger partial charge in [-0.15, -0.1) is 23.5 Å². The van der Waals surface area contributed by atoms with Gasteiger partial charge in [-0.2, -0.15) is 0 Å². The molecular formula is C12H12S2. The summed E-state index contributed by atoms with van der Waals surface area (Å²) in [5.74, 6) is 2.61. The zero-order valence-corrected chi connectivity index (χ0v) is 9.75. The zero-order chi connectivity index (χ0) is 9.60. The highest BCUT2D eigenvalue weighted by molar-refractivity contribution is 8.23. The summed E-state index contributed by atoms with van der Waals surface area (Å²) in [6.45, 7) is 2.29. The second kappa shape index (κ2) is 3.07. The lowest BCUT2D eigenvalue weighted by Crippen LogP contribution is -1.97. The van der Waals surface area contributed by atoms with Crippen LogP contribution in [0.5, 0.6) is 0 Å². The minimum absolute atomic E-state index is 0.390.